The number of hydrogen-bond donors (Lipinski definition) is 0. The summed E-state index contributed by atoms with van der Waals surface area (Å²) >= 11 is 0. The summed E-state index contributed by atoms with van der Waals surface area (Å²) in [4.78, 5) is 6.40. The number of anilines is 2. The smallest absolute Gasteiger partial charge is 0.160 e. The van der Waals surface area contributed by atoms with E-state index in [9.17, 15) is 8.78 Å². The Balaban J connectivity index is 2.10. The third kappa shape index (κ3) is 1.87. The van der Waals surface area contributed by atoms with Crippen molar-refractivity contribution in [2.45, 2.75) is 19.3 Å². The minimum Gasteiger partial charge on any atom is -0.339 e. The maximum atomic E-state index is 13.4. The van der Waals surface area contributed by atoms with Gasteiger partial charge in [0.15, 0.2) is 11.6 Å². The first kappa shape index (κ1) is 12.1. The molecule has 1 aliphatic rings. The zero-order chi connectivity index (χ0) is 13.6. The second-order valence-corrected chi connectivity index (χ2v) is 5.44. The number of hydrogen-bond acceptors (Lipinski definition) is 2. The molecule has 2 aromatic rings. The molecule has 0 spiro atoms. The summed E-state index contributed by atoms with van der Waals surface area (Å²) < 4.78 is 26.4. The first-order chi connectivity index (χ1) is 8.99. The molecule has 98 valence electrons. The van der Waals surface area contributed by atoms with E-state index >= 15 is 0 Å². The van der Waals surface area contributed by atoms with Crippen LogP contribution in [0.3, 0.4) is 0 Å². The van der Waals surface area contributed by atoms with Gasteiger partial charge < -0.3 is 4.90 Å². The van der Waals surface area contributed by atoms with Crippen molar-refractivity contribution in [3.05, 3.63) is 53.9 Å². The number of aromatic nitrogens is 1. The third-order valence-corrected chi connectivity index (χ3v) is 3.49. The number of rotatable bonds is 1. The fraction of sp³-hybridized carbons (Fsp3) is 0.267. The van der Waals surface area contributed by atoms with Crippen LogP contribution >= 0.6 is 0 Å². The van der Waals surface area contributed by atoms with Crippen molar-refractivity contribution >= 4 is 11.4 Å². The van der Waals surface area contributed by atoms with Crippen molar-refractivity contribution in [3.63, 3.8) is 0 Å². The monoisotopic (exact) mass is 260 g/mol. The molecule has 1 aromatic carbocycles. The highest BCUT2D eigenvalue weighted by Crippen LogP contribution is 2.42. The normalized spacial score (nSPS) is 16.5. The molecular formula is C15H14F2N2. The second kappa shape index (κ2) is 4.02. The molecule has 0 fully saturated rings. The quantitative estimate of drug-likeness (QED) is 0.775. The Morgan fingerprint density at radius 1 is 1.16 bits per heavy atom. The van der Waals surface area contributed by atoms with Gasteiger partial charge >= 0.3 is 0 Å². The molecule has 0 aliphatic carbocycles. The maximum Gasteiger partial charge on any atom is 0.160 e. The van der Waals surface area contributed by atoms with Gasteiger partial charge in [-0.3, -0.25) is 4.98 Å². The van der Waals surface area contributed by atoms with Gasteiger partial charge in [-0.25, -0.2) is 8.78 Å². The van der Waals surface area contributed by atoms with E-state index in [4.69, 9.17) is 0 Å². The van der Waals surface area contributed by atoms with Crippen LogP contribution in [0.1, 0.15) is 19.5 Å². The van der Waals surface area contributed by atoms with Crippen LogP contribution in [-0.4, -0.2) is 11.5 Å². The standard InChI is InChI=1S/C15H14F2N2/c1-15(2)9-19(13-4-3-7-18-14(13)15)10-5-6-11(16)12(17)8-10/h3-8H,9H2,1-2H3. The van der Waals surface area contributed by atoms with Gasteiger partial charge in [-0.15, -0.1) is 0 Å². The lowest BCUT2D eigenvalue weighted by atomic mass is 9.91. The Bertz CT molecular complexity index is 638. The highest BCUT2D eigenvalue weighted by atomic mass is 19.2. The van der Waals surface area contributed by atoms with Crippen LogP contribution in [-0.2, 0) is 5.41 Å². The molecule has 0 unspecified atom stereocenters. The van der Waals surface area contributed by atoms with E-state index in [0.717, 1.165) is 17.4 Å². The zero-order valence-electron chi connectivity index (χ0n) is 10.8. The van der Waals surface area contributed by atoms with Gasteiger partial charge in [-0.2, -0.15) is 0 Å². The van der Waals surface area contributed by atoms with Gasteiger partial charge in [0.1, 0.15) is 0 Å². The summed E-state index contributed by atoms with van der Waals surface area (Å²) in [6.45, 7) is 4.89. The fourth-order valence-corrected chi connectivity index (χ4v) is 2.57. The Hall–Kier alpha value is -1.97. The second-order valence-electron chi connectivity index (χ2n) is 5.44. The molecule has 2 heterocycles. The van der Waals surface area contributed by atoms with E-state index < -0.39 is 11.6 Å². The average molecular weight is 260 g/mol. The fourth-order valence-electron chi connectivity index (χ4n) is 2.57. The minimum absolute atomic E-state index is 0.110. The lowest BCUT2D eigenvalue weighted by Gasteiger charge is -2.22. The van der Waals surface area contributed by atoms with Gasteiger partial charge in [0.05, 0.1) is 11.4 Å². The van der Waals surface area contributed by atoms with E-state index in [2.05, 4.69) is 18.8 Å². The molecule has 0 saturated heterocycles. The summed E-state index contributed by atoms with van der Waals surface area (Å²) in [5.74, 6) is -1.65. The highest BCUT2D eigenvalue weighted by molar-refractivity contribution is 5.70. The van der Waals surface area contributed by atoms with E-state index in [0.29, 0.717) is 12.2 Å². The van der Waals surface area contributed by atoms with Crippen molar-refractivity contribution in [2.75, 3.05) is 11.4 Å². The van der Waals surface area contributed by atoms with Crippen LogP contribution in [0, 0.1) is 11.6 Å². The van der Waals surface area contributed by atoms with E-state index in [1.165, 1.54) is 6.07 Å². The van der Waals surface area contributed by atoms with Gasteiger partial charge in [-0.1, -0.05) is 13.8 Å². The van der Waals surface area contributed by atoms with Crippen molar-refractivity contribution in [1.29, 1.82) is 0 Å². The first-order valence-corrected chi connectivity index (χ1v) is 6.17. The van der Waals surface area contributed by atoms with Gasteiger partial charge in [0, 0.05) is 29.9 Å². The topological polar surface area (TPSA) is 16.1 Å². The third-order valence-electron chi connectivity index (χ3n) is 3.49. The molecule has 0 bridgehead atoms. The molecule has 0 atom stereocenters. The maximum absolute atomic E-state index is 13.4. The van der Waals surface area contributed by atoms with Crippen LogP contribution < -0.4 is 4.90 Å². The minimum atomic E-state index is -0.826. The molecule has 1 aromatic heterocycles. The predicted octanol–water partition coefficient (Wildman–Crippen LogP) is 3.79. The Kier molecular flexibility index (Phi) is 2.55. The lowest BCUT2D eigenvalue weighted by molar-refractivity contribution is 0.508. The number of pyridine rings is 1. The molecule has 19 heavy (non-hydrogen) atoms. The summed E-state index contributed by atoms with van der Waals surface area (Å²) in [7, 11) is 0. The van der Waals surface area contributed by atoms with Crippen LogP contribution in [0.2, 0.25) is 0 Å². The Labute approximate surface area is 110 Å². The Morgan fingerprint density at radius 3 is 2.68 bits per heavy atom. The summed E-state index contributed by atoms with van der Waals surface area (Å²) in [6.07, 6.45) is 1.76. The average Bonchev–Trinajstić information content (AvgIpc) is 2.66. The molecule has 1 aliphatic heterocycles. The van der Waals surface area contributed by atoms with Crippen molar-refractivity contribution < 1.29 is 8.78 Å². The lowest BCUT2D eigenvalue weighted by Crippen LogP contribution is -2.25. The summed E-state index contributed by atoms with van der Waals surface area (Å²) in [5, 5.41) is 0. The van der Waals surface area contributed by atoms with Crippen molar-refractivity contribution in [1.82, 2.24) is 4.98 Å². The van der Waals surface area contributed by atoms with E-state index in [1.54, 1.807) is 12.3 Å². The largest absolute Gasteiger partial charge is 0.339 e. The van der Waals surface area contributed by atoms with E-state index in [1.807, 2.05) is 17.0 Å². The number of fused-ring (bicyclic) bond motifs is 1. The first-order valence-electron chi connectivity index (χ1n) is 6.17. The summed E-state index contributed by atoms with van der Waals surface area (Å²) in [6, 6.07) is 7.79. The van der Waals surface area contributed by atoms with Crippen molar-refractivity contribution in [3.8, 4) is 0 Å². The zero-order valence-corrected chi connectivity index (χ0v) is 10.8. The van der Waals surface area contributed by atoms with Crippen LogP contribution in [0.15, 0.2) is 36.5 Å². The van der Waals surface area contributed by atoms with Gasteiger partial charge in [-0.05, 0) is 24.3 Å². The molecule has 0 N–H and O–H groups in total. The Morgan fingerprint density at radius 2 is 1.95 bits per heavy atom. The molecule has 0 amide bonds. The molecule has 0 radical (unpaired) electrons. The number of nitrogens with zero attached hydrogens (tertiary/aromatic N) is 2. The molecule has 4 heteroatoms. The van der Waals surface area contributed by atoms with Crippen LogP contribution in [0.5, 0.6) is 0 Å². The molecule has 0 saturated carbocycles. The molecular weight excluding hydrogens is 246 g/mol. The van der Waals surface area contributed by atoms with Crippen LogP contribution in [0.4, 0.5) is 20.2 Å². The van der Waals surface area contributed by atoms with Crippen LogP contribution in [0.25, 0.3) is 0 Å². The summed E-state index contributed by atoms with van der Waals surface area (Å²) in [5.41, 5.74) is 2.48. The van der Waals surface area contributed by atoms with Gasteiger partial charge in [0.2, 0.25) is 0 Å². The predicted molar refractivity (Wildman–Crippen MR) is 70.6 cm³/mol. The number of benzene rings is 1. The SMILES string of the molecule is CC1(C)CN(c2ccc(F)c(F)c2)c2cccnc21. The van der Waals surface area contributed by atoms with E-state index in [-0.39, 0.29) is 5.41 Å². The number of halogens is 2. The molecule has 2 nitrogen and oxygen atoms in total. The van der Waals surface area contributed by atoms with Gasteiger partial charge in [0.25, 0.3) is 0 Å². The van der Waals surface area contributed by atoms with Crippen molar-refractivity contribution in [2.24, 2.45) is 0 Å². The molecule has 3 rings (SSSR count). The highest BCUT2D eigenvalue weighted by Gasteiger charge is 2.37.